The molecule has 0 aliphatic heterocycles. The zero-order chi connectivity index (χ0) is 14.4. The predicted molar refractivity (Wildman–Crippen MR) is 69.4 cm³/mol. The fourth-order valence-corrected chi connectivity index (χ4v) is 2.55. The van der Waals surface area contributed by atoms with Crippen molar-refractivity contribution in [1.82, 2.24) is 10.6 Å². The highest BCUT2D eigenvalue weighted by Gasteiger charge is 2.31. The van der Waals surface area contributed by atoms with Crippen molar-refractivity contribution in [2.24, 2.45) is 5.92 Å². The van der Waals surface area contributed by atoms with Crippen LogP contribution in [0.3, 0.4) is 0 Å². The highest BCUT2D eigenvalue weighted by atomic mass is 16.4. The number of rotatable bonds is 6. The van der Waals surface area contributed by atoms with Crippen LogP contribution in [0.1, 0.15) is 46.0 Å². The van der Waals surface area contributed by atoms with Crippen LogP contribution >= 0.6 is 0 Å². The van der Waals surface area contributed by atoms with E-state index in [0.29, 0.717) is 0 Å². The molecule has 6 nitrogen and oxygen atoms in total. The molecule has 6 heteroatoms. The number of carbonyl (C=O) groups excluding carboxylic acids is 2. The van der Waals surface area contributed by atoms with E-state index >= 15 is 0 Å². The Labute approximate surface area is 112 Å². The van der Waals surface area contributed by atoms with Crippen molar-refractivity contribution >= 4 is 17.8 Å². The molecule has 2 unspecified atom stereocenters. The van der Waals surface area contributed by atoms with Gasteiger partial charge in [-0.25, -0.2) is 0 Å². The number of carboxylic acid groups (broad SMARTS) is 1. The van der Waals surface area contributed by atoms with Gasteiger partial charge in [-0.3, -0.25) is 14.4 Å². The van der Waals surface area contributed by atoms with Gasteiger partial charge in [-0.1, -0.05) is 12.8 Å². The van der Waals surface area contributed by atoms with Gasteiger partial charge in [-0.05, 0) is 25.7 Å². The molecule has 19 heavy (non-hydrogen) atoms. The van der Waals surface area contributed by atoms with Gasteiger partial charge in [-0.2, -0.15) is 0 Å². The lowest BCUT2D eigenvalue weighted by atomic mass is 9.97. The maximum atomic E-state index is 12.1. The monoisotopic (exact) mass is 270 g/mol. The van der Waals surface area contributed by atoms with Crippen LogP contribution < -0.4 is 10.6 Å². The van der Waals surface area contributed by atoms with E-state index in [4.69, 9.17) is 5.11 Å². The van der Waals surface area contributed by atoms with Gasteiger partial charge in [0.2, 0.25) is 11.8 Å². The summed E-state index contributed by atoms with van der Waals surface area (Å²) in [5, 5.41) is 14.0. The zero-order valence-electron chi connectivity index (χ0n) is 11.4. The average Bonchev–Trinajstić information content (AvgIpc) is 2.77. The molecule has 0 bridgehead atoms. The molecule has 0 heterocycles. The first-order valence-corrected chi connectivity index (χ1v) is 6.69. The van der Waals surface area contributed by atoms with Crippen molar-refractivity contribution in [3.63, 3.8) is 0 Å². The lowest BCUT2D eigenvalue weighted by Crippen LogP contribution is -2.52. The largest absolute Gasteiger partial charge is 0.481 e. The summed E-state index contributed by atoms with van der Waals surface area (Å²) in [4.78, 5) is 33.9. The number of carboxylic acids is 1. The van der Waals surface area contributed by atoms with Gasteiger partial charge in [0.1, 0.15) is 6.04 Å². The van der Waals surface area contributed by atoms with E-state index in [1.807, 2.05) is 0 Å². The van der Waals surface area contributed by atoms with Crippen LogP contribution in [0, 0.1) is 5.92 Å². The summed E-state index contributed by atoms with van der Waals surface area (Å²) < 4.78 is 0. The second-order valence-corrected chi connectivity index (χ2v) is 5.23. The van der Waals surface area contributed by atoms with Crippen molar-refractivity contribution in [3.05, 3.63) is 0 Å². The molecule has 1 saturated carbocycles. The number of carbonyl (C=O) groups is 3. The molecule has 0 aromatic heterocycles. The molecule has 0 radical (unpaired) electrons. The van der Waals surface area contributed by atoms with Gasteiger partial charge in [0, 0.05) is 13.0 Å². The lowest BCUT2D eigenvalue weighted by molar-refractivity contribution is -0.138. The molecule has 0 spiro atoms. The van der Waals surface area contributed by atoms with Crippen LogP contribution in [0.2, 0.25) is 0 Å². The highest BCUT2D eigenvalue weighted by molar-refractivity contribution is 5.87. The number of hydrogen-bond acceptors (Lipinski definition) is 3. The molecule has 3 N–H and O–H groups in total. The SMILES string of the molecule is CC(=O)NC(C(=O)NC(C)CC(=O)O)C1CCCC1. The summed E-state index contributed by atoms with van der Waals surface area (Å²) in [6.07, 6.45) is 3.86. The van der Waals surface area contributed by atoms with Crippen LogP contribution in [0.15, 0.2) is 0 Å². The Kier molecular flexibility index (Phi) is 5.79. The van der Waals surface area contributed by atoms with Crippen molar-refractivity contribution in [1.29, 1.82) is 0 Å². The third-order valence-electron chi connectivity index (χ3n) is 3.38. The van der Waals surface area contributed by atoms with Crippen LogP contribution in [0.4, 0.5) is 0 Å². The number of amides is 2. The van der Waals surface area contributed by atoms with Crippen molar-refractivity contribution in [2.45, 2.75) is 58.0 Å². The van der Waals surface area contributed by atoms with E-state index in [1.54, 1.807) is 6.92 Å². The van der Waals surface area contributed by atoms with E-state index in [1.165, 1.54) is 6.92 Å². The van der Waals surface area contributed by atoms with Gasteiger partial charge in [0.05, 0.1) is 6.42 Å². The summed E-state index contributed by atoms with van der Waals surface area (Å²) in [7, 11) is 0. The first-order valence-electron chi connectivity index (χ1n) is 6.69. The first-order chi connectivity index (χ1) is 8.90. The van der Waals surface area contributed by atoms with Gasteiger partial charge in [-0.15, -0.1) is 0 Å². The first kappa shape index (κ1) is 15.5. The van der Waals surface area contributed by atoms with E-state index < -0.39 is 18.1 Å². The molecule has 0 saturated heterocycles. The minimum Gasteiger partial charge on any atom is -0.481 e. The second-order valence-electron chi connectivity index (χ2n) is 5.23. The summed E-state index contributed by atoms with van der Waals surface area (Å²) >= 11 is 0. The fourth-order valence-electron chi connectivity index (χ4n) is 2.55. The average molecular weight is 270 g/mol. The topological polar surface area (TPSA) is 95.5 Å². The Bertz CT molecular complexity index is 351. The molecule has 1 aliphatic rings. The van der Waals surface area contributed by atoms with E-state index in [2.05, 4.69) is 10.6 Å². The molecule has 1 rings (SSSR count). The molecule has 1 aliphatic carbocycles. The number of hydrogen-bond donors (Lipinski definition) is 3. The Morgan fingerprint density at radius 1 is 1.21 bits per heavy atom. The van der Waals surface area contributed by atoms with Gasteiger partial charge < -0.3 is 15.7 Å². The predicted octanol–water partition coefficient (Wildman–Crippen LogP) is 0.661. The quantitative estimate of drug-likeness (QED) is 0.660. The Morgan fingerprint density at radius 3 is 2.26 bits per heavy atom. The Hall–Kier alpha value is -1.59. The van der Waals surface area contributed by atoms with Crippen LogP contribution in [0.5, 0.6) is 0 Å². The fraction of sp³-hybridized carbons (Fsp3) is 0.769. The molecule has 108 valence electrons. The normalized spacial score (nSPS) is 18.6. The lowest BCUT2D eigenvalue weighted by Gasteiger charge is -2.24. The standard InChI is InChI=1S/C13H22N2O4/c1-8(7-11(17)18)14-13(19)12(15-9(2)16)10-5-3-4-6-10/h8,10,12H,3-7H2,1-2H3,(H,14,19)(H,15,16)(H,17,18). The maximum absolute atomic E-state index is 12.1. The molecule has 0 aromatic carbocycles. The third-order valence-corrected chi connectivity index (χ3v) is 3.38. The van der Waals surface area contributed by atoms with Crippen LogP contribution in [0.25, 0.3) is 0 Å². The van der Waals surface area contributed by atoms with Crippen molar-refractivity contribution < 1.29 is 19.5 Å². The van der Waals surface area contributed by atoms with Crippen LogP contribution in [-0.4, -0.2) is 35.0 Å². The third kappa shape index (κ3) is 5.28. The maximum Gasteiger partial charge on any atom is 0.305 e. The Balaban J connectivity index is 2.60. The van der Waals surface area contributed by atoms with Gasteiger partial charge in [0.25, 0.3) is 0 Å². The van der Waals surface area contributed by atoms with E-state index in [9.17, 15) is 14.4 Å². The molecule has 1 fully saturated rings. The Morgan fingerprint density at radius 2 is 1.79 bits per heavy atom. The molecular weight excluding hydrogens is 248 g/mol. The zero-order valence-corrected chi connectivity index (χ0v) is 11.4. The van der Waals surface area contributed by atoms with Crippen molar-refractivity contribution in [2.75, 3.05) is 0 Å². The van der Waals surface area contributed by atoms with E-state index in [-0.39, 0.29) is 24.2 Å². The van der Waals surface area contributed by atoms with E-state index in [0.717, 1.165) is 25.7 Å². The summed E-state index contributed by atoms with van der Waals surface area (Å²) in [6, 6.07) is -0.987. The molecule has 2 atom stereocenters. The summed E-state index contributed by atoms with van der Waals surface area (Å²) in [5.74, 6) is -1.32. The number of nitrogens with one attached hydrogen (secondary N) is 2. The van der Waals surface area contributed by atoms with Crippen molar-refractivity contribution in [3.8, 4) is 0 Å². The highest BCUT2D eigenvalue weighted by Crippen LogP contribution is 2.28. The molecule has 0 aromatic rings. The van der Waals surface area contributed by atoms with Crippen LogP contribution in [-0.2, 0) is 14.4 Å². The molecule has 2 amide bonds. The minimum absolute atomic E-state index is 0.122. The smallest absolute Gasteiger partial charge is 0.305 e. The minimum atomic E-state index is -0.954. The second kappa shape index (κ2) is 7.11. The number of aliphatic carboxylic acids is 1. The summed E-state index contributed by atoms with van der Waals surface area (Å²) in [5.41, 5.74) is 0. The van der Waals surface area contributed by atoms with Gasteiger partial charge in [0.15, 0.2) is 0 Å². The van der Waals surface area contributed by atoms with Gasteiger partial charge >= 0.3 is 5.97 Å². The molecular formula is C13H22N2O4. The summed E-state index contributed by atoms with van der Waals surface area (Å²) in [6.45, 7) is 3.03.